The lowest BCUT2D eigenvalue weighted by Gasteiger charge is -2.12. The highest BCUT2D eigenvalue weighted by molar-refractivity contribution is 9.09. The Hall–Kier alpha value is -0.650. The standard InChI is InChI=1S/C10H8BrF5/c11-8(3-4-10(14,15)16)7-2-1-6(12)5-9(7)13/h1-2,5,8H,3-4H2. The second kappa shape index (κ2) is 5.12. The van der Waals surface area contributed by atoms with Crippen molar-refractivity contribution in [1.29, 1.82) is 0 Å². The van der Waals surface area contributed by atoms with Gasteiger partial charge in [0, 0.05) is 22.9 Å². The minimum atomic E-state index is -4.28. The molecule has 0 aliphatic rings. The first-order valence-corrected chi connectivity index (χ1v) is 5.37. The second-order valence-corrected chi connectivity index (χ2v) is 4.39. The van der Waals surface area contributed by atoms with Crippen molar-refractivity contribution in [2.24, 2.45) is 0 Å². The summed E-state index contributed by atoms with van der Waals surface area (Å²) in [5.41, 5.74) is 0.0330. The Balaban J connectivity index is 2.70. The monoisotopic (exact) mass is 302 g/mol. The topological polar surface area (TPSA) is 0 Å². The molecule has 0 fully saturated rings. The fraction of sp³-hybridized carbons (Fsp3) is 0.400. The van der Waals surface area contributed by atoms with Gasteiger partial charge in [-0.1, -0.05) is 22.0 Å². The van der Waals surface area contributed by atoms with Crippen LogP contribution in [0, 0.1) is 11.6 Å². The molecule has 1 aromatic rings. The number of rotatable bonds is 3. The predicted octanol–water partition coefficient (Wildman–Crippen LogP) is 4.74. The fourth-order valence-electron chi connectivity index (χ4n) is 1.20. The van der Waals surface area contributed by atoms with Crippen molar-refractivity contribution < 1.29 is 22.0 Å². The van der Waals surface area contributed by atoms with E-state index >= 15 is 0 Å². The van der Waals surface area contributed by atoms with Crippen molar-refractivity contribution in [3.8, 4) is 0 Å². The Bertz CT molecular complexity index is 361. The van der Waals surface area contributed by atoms with Gasteiger partial charge in [-0.2, -0.15) is 13.2 Å². The third-order valence-electron chi connectivity index (χ3n) is 1.98. The normalized spacial score (nSPS) is 13.9. The largest absolute Gasteiger partial charge is 0.389 e. The highest BCUT2D eigenvalue weighted by Crippen LogP contribution is 2.34. The summed E-state index contributed by atoms with van der Waals surface area (Å²) in [6.45, 7) is 0. The molecule has 0 heterocycles. The van der Waals surface area contributed by atoms with Gasteiger partial charge in [0.25, 0.3) is 0 Å². The van der Waals surface area contributed by atoms with E-state index in [0.29, 0.717) is 6.07 Å². The molecule has 16 heavy (non-hydrogen) atoms. The Morgan fingerprint density at radius 3 is 2.31 bits per heavy atom. The van der Waals surface area contributed by atoms with Crippen molar-refractivity contribution >= 4 is 15.9 Å². The predicted molar refractivity (Wildman–Crippen MR) is 53.3 cm³/mol. The van der Waals surface area contributed by atoms with Crippen LogP contribution in [0.4, 0.5) is 22.0 Å². The van der Waals surface area contributed by atoms with Crippen molar-refractivity contribution in [3.63, 3.8) is 0 Å². The molecule has 0 saturated heterocycles. The van der Waals surface area contributed by atoms with Gasteiger partial charge < -0.3 is 0 Å². The average molecular weight is 303 g/mol. The van der Waals surface area contributed by atoms with E-state index in [1.807, 2.05) is 0 Å². The first kappa shape index (κ1) is 13.4. The van der Waals surface area contributed by atoms with Crippen molar-refractivity contribution in [2.75, 3.05) is 0 Å². The van der Waals surface area contributed by atoms with Crippen LogP contribution in [0.25, 0.3) is 0 Å². The number of hydrogen-bond acceptors (Lipinski definition) is 0. The molecule has 0 bridgehead atoms. The zero-order valence-corrected chi connectivity index (χ0v) is 9.58. The van der Waals surface area contributed by atoms with E-state index in [4.69, 9.17) is 0 Å². The van der Waals surface area contributed by atoms with Crippen LogP contribution in [-0.2, 0) is 0 Å². The minimum absolute atomic E-state index is 0.0330. The number of alkyl halides is 4. The molecule has 0 N–H and O–H groups in total. The lowest BCUT2D eigenvalue weighted by molar-refractivity contribution is -0.135. The van der Waals surface area contributed by atoms with Crippen LogP contribution < -0.4 is 0 Å². The van der Waals surface area contributed by atoms with Crippen LogP contribution in [0.3, 0.4) is 0 Å². The fourth-order valence-corrected chi connectivity index (χ4v) is 1.80. The van der Waals surface area contributed by atoms with E-state index in [-0.39, 0.29) is 12.0 Å². The molecule has 1 atom stereocenters. The summed E-state index contributed by atoms with van der Waals surface area (Å²) in [5, 5.41) is 0. The maximum atomic E-state index is 13.2. The lowest BCUT2D eigenvalue weighted by Crippen LogP contribution is -2.08. The van der Waals surface area contributed by atoms with E-state index in [0.717, 1.165) is 12.1 Å². The van der Waals surface area contributed by atoms with Gasteiger partial charge in [-0.3, -0.25) is 0 Å². The first-order chi connectivity index (χ1) is 7.29. The number of benzene rings is 1. The van der Waals surface area contributed by atoms with Crippen LogP contribution in [0.1, 0.15) is 23.2 Å². The van der Waals surface area contributed by atoms with Gasteiger partial charge in [-0.15, -0.1) is 0 Å². The smallest absolute Gasteiger partial charge is 0.207 e. The van der Waals surface area contributed by atoms with E-state index in [1.54, 1.807) is 0 Å². The summed E-state index contributed by atoms with van der Waals surface area (Å²) in [4.78, 5) is -0.769. The van der Waals surface area contributed by atoms with Gasteiger partial charge in [0.05, 0.1) is 0 Å². The highest BCUT2D eigenvalue weighted by atomic mass is 79.9. The zero-order chi connectivity index (χ0) is 12.3. The SMILES string of the molecule is Fc1ccc(C(Br)CCC(F)(F)F)c(F)c1. The Labute approximate surface area is 97.6 Å². The van der Waals surface area contributed by atoms with Crippen molar-refractivity contribution in [2.45, 2.75) is 23.8 Å². The van der Waals surface area contributed by atoms with Crippen molar-refractivity contribution in [1.82, 2.24) is 0 Å². The van der Waals surface area contributed by atoms with E-state index in [2.05, 4.69) is 15.9 Å². The first-order valence-electron chi connectivity index (χ1n) is 4.45. The van der Waals surface area contributed by atoms with Crippen LogP contribution in [0.2, 0.25) is 0 Å². The lowest BCUT2D eigenvalue weighted by atomic mass is 10.1. The van der Waals surface area contributed by atoms with Crippen LogP contribution in [-0.4, -0.2) is 6.18 Å². The summed E-state index contributed by atoms with van der Waals surface area (Å²) < 4.78 is 61.5. The molecule has 0 aromatic heterocycles. The molecule has 90 valence electrons. The molecule has 0 saturated carbocycles. The van der Waals surface area contributed by atoms with Crippen LogP contribution in [0.15, 0.2) is 18.2 Å². The van der Waals surface area contributed by atoms with Gasteiger partial charge in [0.1, 0.15) is 11.6 Å². The van der Waals surface area contributed by atoms with Gasteiger partial charge >= 0.3 is 6.18 Å². The molecule has 1 rings (SSSR count). The average Bonchev–Trinajstić information content (AvgIpc) is 2.13. The van der Waals surface area contributed by atoms with Gasteiger partial charge in [-0.25, -0.2) is 8.78 Å². The third kappa shape index (κ3) is 4.08. The molecule has 1 unspecified atom stereocenters. The molecule has 1 aromatic carbocycles. The van der Waals surface area contributed by atoms with E-state index in [9.17, 15) is 22.0 Å². The van der Waals surface area contributed by atoms with E-state index in [1.165, 1.54) is 0 Å². The van der Waals surface area contributed by atoms with Gasteiger partial charge in [0.2, 0.25) is 0 Å². The molecule has 0 amide bonds. The number of hydrogen-bond donors (Lipinski definition) is 0. The molecule has 6 heteroatoms. The highest BCUT2D eigenvalue weighted by Gasteiger charge is 2.28. The molecule has 0 aliphatic heterocycles. The molecule has 0 spiro atoms. The second-order valence-electron chi connectivity index (χ2n) is 3.29. The zero-order valence-electron chi connectivity index (χ0n) is 7.99. The molecule has 0 aliphatic carbocycles. The summed E-state index contributed by atoms with van der Waals surface area (Å²) in [5.74, 6) is -1.60. The molecular formula is C10H8BrF5. The van der Waals surface area contributed by atoms with Crippen LogP contribution in [0.5, 0.6) is 0 Å². The van der Waals surface area contributed by atoms with Gasteiger partial charge in [-0.05, 0) is 12.5 Å². The minimum Gasteiger partial charge on any atom is -0.207 e. The number of halogens is 6. The quantitative estimate of drug-likeness (QED) is 0.559. The summed E-state index contributed by atoms with van der Waals surface area (Å²) in [7, 11) is 0. The molecular weight excluding hydrogens is 295 g/mol. The Morgan fingerprint density at radius 1 is 1.19 bits per heavy atom. The van der Waals surface area contributed by atoms with Gasteiger partial charge in [0.15, 0.2) is 0 Å². The maximum absolute atomic E-state index is 13.2. The van der Waals surface area contributed by atoms with Crippen LogP contribution >= 0.6 is 15.9 Å². The molecule has 0 radical (unpaired) electrons. The summed E-state index contributed by atoms with van der Waals surface area (Å²) in [6, 6.07) is 2.80. The summed E-state index contributed by atoms with van der Waals surface area (Å²) >= 11 is 2.95. The van der Waals surface area contributed by atoms with Crippen molar-refractivity contribution in [3.05, 3.63) is 35.4 Å². The Kier molecular flexibility index (Phi) is 4.29. The molecule has 0 nitrogen and oxygen atoms in total. The maximum Gasteiger partial charge on any atom is 0.389 e. The Morgan fingerprint density at radius 2 is 1.81 bits per heavy atom. The summed E-state index contributed by atoms with van der Waals surface area (Å²) in [6.07, 6.45) is -5.58. The van der Waals surface area contributed by atoms with E-state index < -0.39 is 29.1 Å². The third-order valence-corrected chi connectivity index (χ3v) is 2.93.